The van der Waals surface area contributed by atoms with Gasteiger partial charge in [0, 0.05) is 23.5 Å². The zero-order valence-corrected chi connectivity index (χ0v) is 11.8. The minimum absolute atomic E-state index is 0.0372. The van der Waals surface area contributed by atoms with Crippen molar-refractivity contribution in [3.05, 3.63) is 29.3 Å². The first kappa shape index (κ1) is 13.4. The maximum absolute atomic E-state index is 12.0. The number of fused-ring (bicyclic) bond motifs is 1. The van der Waals surface area contributed by atoms with Crippen molar-refractivity contribution >= 4 is 17.7 Å². The molecule has 1 heterocycles. The SMILES string of the molecule is CN(C)CCNC(=O)c1ccc2c(c1)CCCS2. The number of amides is 1. The number of nitrogens with zero attached hydrogens (tertiary/aromatic N) is 1. The first-order chi connectivity index (χ1) is 8.66. The Morgan fingerprint density at radius 1 is 1.44 bits per heavy atom. The van der Waals surface area contributed by atoms with E-state index < -0.39 is 0 Å². The number of hydrogen-bond acceptors (Lipinski definition) is 3. The number of rotatable bonds is 4. The second-order valence-corrected chi connectivity index (χ2v) is 5.97. The third-order valence-electron chi connectivity index (χ3n) is 3.02. The molecule has 0 fully saturated rings. The molecule has 1 aromatic carbocycles. The lowest BCUT2D eigenvalue weighted by atomic mass is 10.1. The van der Waals surface area contributed by atoms with E-state index in [2.05, 4.69) is 16.3 Å². The van der Waals surface area contributed by atoms with E-state index >= 15 is 0 Å². The fraction of sp³-hybridized carbons (Fsp3) is 0.500. The maximum Gasteiger partial charge on any atom is 0.251 e. The van der Waals surface area contributed by atoms with E-state index in [0.29, 0.717) is 6.54 Å². The summed E-state index contributed by atoms with van der Waals surface area (Å²) in [6.07, 6.45) is 2.31. The standard InChI is InChI=1S/C14H20N2OS/c1-16(2)8-7-15-14(17)12-5-6-13-11(10-12)4-3-9-18-13/h5-6,10H,3-4,7-9H2,1-2H3,(H,15,17). The van der Waals surface area contributed by atoms with Crippen molar-refractivity contribution in [2.45, 2.75) is 17.7 Å². The number of hydrogen-bond donors (Lipinski definition) is 1. The molecule has 98 valence electrons. The van der Waals surface area contributed by atoms with Gasteiger partial charge < -0.3 is 10.2 Å². The van der Waals surface area contributed by atoms with Crippen LogP contribution in [0.15, 0.2) is 23.1 Å². The summed E-state index contributed by atoms with van der Waals surface area (Å²) in [5, 5.41) is 2.95. The second-order valence-electron chi connectivity index (χ2n) is 4.83. The molecule has 1 N–H and O–H groups in total. The van der Waals surface area contributed by atoms with E-state index in [4.69, 9.17) is 0 Å². The Hall–Kier alpha value is -1.00. The third-order valence-corrected chi connectivity index (χ3v) is 4.22. The summed E-state index contributed by atoms with van der Waals surface area (Å²) in [4.78, 5) is 15.4. The molecule has 0 aliphatic carbocycles. The lowest BCUT2D eigenvalue weighted by Crippen LogP contribution is -2.31. The summed E-state index contributed by atoms with van der Waals surface area (Å²) in [6, 6.07) is 6.06. The molecule has 1 aliphatic heterocycles. The Balaban J connectivity index is 1.98. The minimum atomic E-state index is 0.0372. The number of thioether (sulfide) groups is 1. The van der Waals surface area contributed by atoms with Gasteiger partial charge in [-0.15, -0.1) is 11.8 Å². The van der Waals surface area contributed by atoms with Gasteiger partial charge >= 0.3 is 0 Å². The van der Waals surface area contributed by atoms with Crippen molar-refractivity contribution < 1.29 is 4.79 Å². The van der Waals surface area contributed by atoms with E-state index in [0.717, 1.165) is 18.5 Å². The predicted octanol–water partition coefficient (Wildman–Crippen LogP) is 2.02. The zero-order chi connectivity index (χ0) is 13.0. The predicted molar refractivity (Wildman–Crippen MR) is 76.4 cm³/mol. The molecule has 3 nitrogen and oxygen atoms in total. The normalized spacial score (nSPS) is 14.4. The molecule has 1 amide bonds. The van der Waals surface area contributed by atoms with Crippen molar-refractivity contribution in [2.24, 2.45) is 0 Å². The average molecular weight is 264 g/mol. The molecule has 0 atom stereocenters. The molecule has 1 aromatic rings. The van der Waals surface area contributed by atoms with Gasteiger partial charge in [-0.25, -0.2) is 0 Å². The number of likely N-dealkylation sites (N-methyl/N-ethyl adjacent to an activating group) is 1. The van der Waals surface area contributed by atoms with E-state index in [1.54, 1.807) is 0 Å². The van der Waals surface area contributed by atoms with Gasteiger partial charge in [-0.05, 0) is 56.5 Å². The number of carbonyl (C=O) groups is 1. The minimum Gasteiger partial charge on any atom is -0.351 e. The molecule has 18 heavy (non-hydrogen) atoms. The van der Waals surface area contributed by atoms with Crippen molar-refractivity contribution in [3.63, 3.8) is 0 Å². The smallest absolute Gasteiger partial charge is 0.251 e. The second kappa shape index (κ2) is 6.25. The van der Waals surface area contributed by atoms with E-state index in [-0.39, 0.29) is 5.91 Å². The number of carbonyl (C=O) groups excluding carboxylic acids is 1. The van der Waals surface area contributed by atoms with Gasteiger partial charge in [0.1, 0.15) is 0 Å². The zero-order valence-electron chi connectivity index (χ0n) is 11.0. The lowest BCUT2D eigenvalue weighted by Gasteiger charge is -2.16. The molecular formula is C14H20N2OS. The van der Waals surface area contributed by atoms with Crippen LogP contribution in [0.1, 0.15) is 22.3 Å². The highest BCUT2D eigenvalue weighted by molar-refractivity contribution is 7.99. The fourth-order valence-electron chi connectivity index (χ4n) is 2.00. The van der Waals surface area contributed by atoms with Gasteiger partial charge in [0.15, 0.2) is 0 Å². The average Bonchev–Trinajstić information content (AvgIpc) is 2.37. The third kappa shape index (κ3) is 3.50. The van der Waals surface area contributed by atoms with Crippen LogP contribution in [0.5, 0.6) is 0 Å². The van der Waals surface area contributed by atoms with Crippen LogP contribution in [-0.4, -0.2) is 43.7 Å². The lowest BCUT2D eigenvalue weighted by molar-refractivity contribution is 0.0951. The largest absolute Gasteiger partial charge is 0.351 e. The van der Waals surface area contributed by atoms with Crippen molar-refractivity contribution in [1.29, 1.82) is 0 Å². The number of aryl methyl sites for hydroxylation is 1. The highest BCUT2D eigenvalue weighted by Gasteiger charge is 2.12. The molecule has 0 bridgehead atoms. The highest BCUT2D eigenvalue weighted by atomic mass is 32.2. The molecule has 0 spiro atoms. The number of nitrogens with one attached hydrogen (secondary N) is 1. The Kier molecular flexibility index (Phi) is 4.66. The fourth-order valence-corrected chi connectivity index (χ4v) is 3.02. The van der Waals surface area contributed by atoms with Crippen molar-refractivity contribution in [3.8, 4) is 0 Å². The monoisotopic (exact) mass is 264 g/mol. The molecule has 1 aliphatic rings. The van der Waals surface area contributed by atoms with Crippen molar-refractivity contribution in [1.82, 2.24) is 10.2 Å². The van der Waals surface area contributed by atoms with Gasteiger partial charge in [0.2, 0.25) is 0 Å². The molecular weight excluding hydrogens is 244 g/mol. The first-order valence-corrected chi connectivity index (χ1v) is 7.34. The van der Waals surface area contributed by atoms with Gasteiger partial charge in [-0.2, -0.15) is 0 Å². The van der Waals surface area contributed by atoms with Gasteiger partial charge in [0.25, 0.3) is 5.91 Å². The van der Waals surface area contributed by atoms with E-state index in [9.17, 15) is 4.79 Å². The topological polar surface area (TPSA) is 32.3 Å². The number of benzene rings is 1. The Morgan fingerprint density at radius 2 is 2.28 bits per heavy atom. The molecule has 2 rings (SSSR count). The molecule has 0 aromatic heterocycles. The van der Waals surface area contributed by atoms with Crippen LogP contribution in [0.2, 0.25) is 0 Å². The van der Waals surface area contributed by atoms with Crippen LogP contribution in [0.25, 0.3) is 0 Å². The summed E-state index contributed by atoms with van der Waals surface area (Å²) < 4.78 is 0. The van der Waals surface area contributed by atoms with Crippen LogP contribution in [0.3, 0.4) is 0 Å². The quantitative estimate of drug-likeness (QED) is 0.903. The van der Waals surface area contributed by atoms with E-state index in [1.807, 2.05) is 38.0 Å². The Labute approximate surface area is 113 Å². The van der Waals surface area contributed by atoms with Crippen LogP contribution in [0.4, 0.5) is 0 Å². The van der Waals surface area contributed by atoms with Gasteiger partial charge in [-0.3, -0.25) is 4.79 Å². The summed E-state index contributed by atoms with van der Waals surface area (Å²) in [6.45, 7) is 1.56. The molecule has 0 saturated heterocycles. The van der Waals surface area contributed by atoms with Crippen LogP contribution >= 0.6 is 11.8 Å². The summed E-state index contributed by atoms with van der Waals surface area (Å²) in [5.74, 6) is 1.23. The van der Waals surface area contributed by atoms with Gasteiger partial charge in [-0.1, -0.05) is 0 Å². The van der Waals surface area contributed by atoms with Crippen LogP contribution < -0.4 is 5.32 Å². The summed E-state index contributed by atoms with van der Waals surface area (Å²) in [7, 11) is 4.00. The Morgan fingerprint density at radius 3 is 3.06 bits per heavy atom. The summed E-state index contributed by atoms with van der Waals surface area (Å²) in [5.41, 5.74) is 2.11. The maximum atomic E-state index is 12.0. The molecule has 0 radical (unpaired) electrons. The Bertz CT molecular complexity index is 432. The first-order valence-electron chi connectivity index (χ1n) is 6.35. The molecule has 0 unspecified atom stereocenters. The van der Waals surface area contributed by atoms with Crippen LogP contribution in [-0.2, 0) is 6.42 Å². The van der Waals surface area contributed by atoms with Crippen molar-refractivity contribution in [2.75, 3.05) is 32.9 Å². The van der Waals surface area contributed by atoms with E-state index in [1.165, 1.54) is 22.6 Å². The molecule has 0 saturated carbocycles. The van der Waals surface area contributed by atoms with Crippen LogP contribution in [0, 0.1) is 0 Å². The molecule has 4 heteroatoms. The summed E-state index contributed by atoms with van der Waals surface area (Å²) >= 11 is 1.89. The highest BCUT2D eigenvalue weighted by Crippen LogP contribution is 2.30. The van der Waals surface area contributed by atoms with Gasteiger partial charge in [0.05, 0.1) is 0 Å².